The fourth-order valence-corrected chi connectivity index (χ4v) is 2.93. The number of piperidine rings is 1. The molecule has 0 radical (unpaired) electrons. The third-order valence-electron chi connectivity index (χ3n) is 2.93. The van der Waals surface area contributed by atoms with E-state index in [0.29, 0.717) is 12.0 Å². The molecule has 1 atom stereocenters. The monoisotopic (exact) mass is 350 g/mol. The van der Waals surface area contributed by atoms with Crippen LogP contribution in [0.5, 0.6) is 0 Å². The van der Waals surface area contributed by atoms with Crippen LogP contribution in [0.25, 0.3) is 6.08 Å². The maximum Gasteiger partial charge on any atom is 0.492 e. The average Bonchev–Trinajstić information content (AvgIpc) is 2.93. The van der Waals surface area contributed by atoms with Gasteiger partial charge in [0.25, 0.3) is 0 Å². The summed E-state index contributed by atoms with van der Waals surface area (Å²) in [5, 5.41) is 0.566. The molecule has 0 N–H and O–H groups in total. The van der Waals surface area contributed by atoms with Crippen LogP contribution >= 0.6 is 11.8 Å². The Morgan fingerprint density at radius 1 is 1.52 bits per heavy atom. The van der Waals surface area contributed by atoms with Crippen molar-refractivity contribution in [2.45, 2.75) is 24.8 Å². The largest absolute Gasteiger partial charge is 0.492 e. The Morgan fingerprint density at radius 3 is 2.83 bits per heavy atom. The maximum atomic E-state index is 12.3. The Labute approximate surface area is 133 Å². The predicted molar refractivity (Wildman–Crippen MR) is 74.9 cm³/mol. The SMILES string of the molecule is CC(=O)SC1CCN(OC(=O)C(F)(F)F)C/C1=C\c1ncco1. The van der Waals surface area contributed by atoms with Crippen molar-refractivity contribution >= 4 is 28.9 Å². The van der Waals surface area contributed by atoms with Gasteiger partial charge in [-0.25, -0.2) is 9.78 Å². The first-order valence-electron chi connectivity index (χ1n) is 6.57. The summed E-state index contributed by atoms with van der Waals surface area (Å²) >= 11 is 1.07. The normalized spacial score (nSPS) is 21.4. The van der Waals surface area contributed by atoms with E-state index in [4.69, 9.17) is 4.42 Å². The number of rotatable bonds is 3. The van der Waals surface area contributed by atoms with Crippen molar-refractivity contribution in [1.82, 2.24) is 10.0 Å². The molecule has 0 saturated carbocycles. The summed E-state index contributed by atoms with van der Waals surface area (Å²) in [5.41, 5.74) is 0.592. The van der Waals surface area contributed by atoms with Gasteiger partial charge in [0.1, 0.15) is 6.26 Å². The summed E-state index contributed by atoms with van der Waals surface area (Å²) in [5.74, 6) is -2.01. The lowest BCUT2D eigenvalue weighted by atomic mass is 10.1. The number of alkyl halides is 3. The maximum absolute atomic E-state index is 12.3. The molecular weight excluding hydrogens is 337 g/mol. The van der Waals surface area contributed by atoms with Gasteiger partial charge >= 0.3 is 12.1 Å². The molecule has 1 unspecified atom stereocenters. The van der Waals surface area contributed by atoms with Crippen molar-refractivity contribution in [3.05, 3.63) is 23.9 Å². The highest BCUT2D eigenvalue weighted by Gasteiger charge is 2.43. The minimum atomic E-state index is -5.06. The molecule has 6 nitrogen and oxygen atoms in total. The quantitative estimate of drug-likeness (QED) is 0.829. The summed E-state index contributed by atoms with van der Waals surface area (Å²) < 4.78 is 41.9. The van der Waals surface area contributed by atoms with Gasteiger partial charge in [0.2, 0.25) is 5.89 Å². The number of aromatic nitrogens is 1. The van der Waals surface area contributed by atoms with Crippen molar-refractivity contribution in [2.24, 2.45) is 0 Å². The van der Waals surface area contributed by atoms with E-state index in [1.807, 2.05) is 0 Å². The van der Waals surface area contributed by atoms with Crippen molar-refractivity contribution in [1.29, 1.82) is 0 Å². The Balaban J connectivity index is 2.12. The van der Waals surface area contributed by atoms with Crippen LogP contribution in [-0.4, -0.2) is 45.6 Å². The molecule has 1 aromatic heterocycles. The fourth-order valence-electron chi connectivity index (χ4n) is 2.02. The van der Waals surface area contributed by atoms with E-state index < -0.39 is 12.1 Å². The van der Waals surface area contributed by atoms with E-state index in [0.717, 1.165) is 16.8 Å². The minimum Gasteiger partial charge on any atom is -0.445 e. The molecule has 2 rings (SSSR count). The highest BCUT2D eigenvalue weighted by Crippen LogP contribution is 2.30. The average molecular weight is 350 g/mol. The van der Waals surface area contributed by atoms with Crippen LogP contribution in [-0.2, 0) is 14.4 Å². The third kappa shape index (κ3) is 5.10. The number of carbonyl (C=O) groups is 2. The zero-order chi connectivity index (χ0) is 17.0. The van der Waals surface area contributed by atoms with Crippen LogP contribution < -0.4 is 0 Å². The summed E-state index contributed by atoms with van der Waals surface area (Å²) in [6.07, 6.45) is -0.402. The minimum absolute atomic E-state index is 0.0604. The zero-order valence-corrected chi connectivity index (χ0v) is 12.8. The number of hydrogen-bond acceptors (Lipinski definition) is 7. The summed E-state index contributed by atoms with van der Waals surface area (Å²) in [4.78, 5) is 30.5. The molecule has 0 spiro atoms. The van der Waals surface area contributed by atoms with Crippen LogP contribution in [0, 0.1) is 0 Å². The molecule has 0 aromatic carbocycles. The Morgan fingerprint density at radius 2 is 2.26 bits per heavy atom. The van der Waals surface area contributed by atoms with E-state index in [9.17, 15) is 22.8 Å². The molecule has 2 heterocycles. The number of hydrogen-bond donors (Lipinski definition) is 0. The predicted octanol–water partition coefficient (Wildman–Crippen LogP) is 2.43. The van der Waals surface area contributed by atoms with Gasteiger partial charge in [0.05, 0.1) is 12.7 Å². The lowest BCUT2D eigenvalue weighted by Gasteiger charge is -2.32. The van der Waals surface area contributed by atoms with Gasteiger partial charge in [-0.3, -0.25) is 4.79 Å². The molecular formula is C13H13F3N2O4S. The molecule has 0 bridgehead atoms. The Bertz CT molecular complexity index is 601. The molecule has 1 aliphatic rings. The number of oxazole rings is 1. The second-order valence-electron chi connectivity index (χ2n) is 4.72. The van der Waals surface area contributed by atoms with Gasteiger partial charge < -0.3 is 9.25 Å². The van der Waals surface area contributed by atoms with E-state index in [1.165, 1.54) is 25.5 Å². The second-order valence-corrected chi connectivity index (χ2v) is 6.10. The first-order chi connectivity index (χ1) is 10.8. The molecule has 10 heteroatoms. The van der Waals surface area contributed by atoms with Crippen LogP contribution in [0.2, 0.25) is 0 Å². The van der Waals surface area contributed by atoms with Gasteiger partial charge in [-0.15, -0.1) is 5.06 Å². The highest BCUT2D eigenvalue weighted by molar-refractivity contribution is 8.14. The molecule has 1 aliphatic heterocycles. The third-order valence-corrected chi connectivity index (χ3v) is 4.08. The fraction of sp³-hybridized carbons (Fsp3) is 0.462. The molecule has 1 saturated heterocycles. The van der Waals surface area contributed by atoms with Crippen molar-refractivity contribution in [2.75, 3.05) is 13.1 Å². The van der Waals surface area contributed by atoms with Crippen LogP contribution in [0.15, 0.2) is 22.5 Å². The zero-order valence-electron chi connectivity index (χ0n) is 12.0. The first-order valence-corrected chi connectivity index (χ1v) is 7.45. The lowest BCUT2D eigenvalue weighted by Crippen LogP contribution is -2.41. The van der Waals surface area contributed by atoms with Crippen LogP contribution in [0.4, 0.5) is 13.2 Å². The van der Waals surface area contributed by atoms with E-state index in [-0.39, 0.29) is 29.3 Å². The standard InChI is InChI=1S/C13H13F3N2O4S/c1-8(19)23-10-2-4-18(22-12(20)13(14,15)16)7-9(10)6-11-17-3-5-21-11/h3,5-6,10H,2,4,7H2,1H3/b9-6+. The smallest absolute Gasteiger partial charge is 0.445 e. The van der Waals surface area contributed by atoms with Crippen molar-refractivity contribution < 1.29 is 32.0 Å². The second kappa shape index (κ2) is 7.18. The van der Waals surface area contributed by atoms with Crippen LogP contribution in [0.3, 0.4) is 0 Å². The van der Waals surface area contributed by atoms with Crippen molar-refractivity contribution in [3.63, 3.8) is 0 Å². The molecule has 126 valence electrons. The molecule has 0 amide bonds. The Kier molecular flexibility index (Phi) is 5.47. The van der Waals surface area contributed by atoms with E-state index >= 15 is 0 Å². The van der Waals surface area contributed by atoms with Gasteiger partial charge in [-0.1, -0.05) is 11.8 Å². The lowest BCUT2D eigenvalue weighted by molar-refractivity contribution is -0.238. The number of nitrogens with zero attached hydrogens (tertiary/aromatic N) is 2. The topological polar surface area (TPSA) is 72.6 Å². The first kappa shape index (κ1) is 17.5. The highest BCUT2D eigenvalue weighted by atomic mass is 32.2. The van der Waals surface area contributed by atoms with Crippen molar-refractivity contribution in [3.8, 4) is 0 Å². The molecule has 23 heavy (non-hydrogen) atoms. The molecule has 1 fully saturated rings. The van der Waals surface area contributed by atoms with Gasteiger partial charge in [-0.2, -0.15) is 13.2 Å². The summed E-state index contributed by atoms with van der Waals surface area (Å²) in [7, 11) is 0. The number of hydroxylamine groups is 2. The molecule has 0 aliphatic carbocycles. The van der Waals surface area contributed by atoms with Gasteiger partial charge in [0, 0.05) is 24.8 Å². The van der Waals surface area contributed by atoms with Gasteiger partial charge in [-0.05, 0) is 12.0 Å². The number of halogens is 3. The Hall–Kier alpha value is -1.81. The van der Waals surface area contributed by atoms with Gasteiger partial charge in [0.15, 0.2) is 5.12 Å². The number of thioether (sulfide) groups is 1. The summed E-state index contributed by atoms with van der Waals surface area (Å²) in [6.45, 7) is 1.44. The van der Waals surface area contributed by atoms with E-state index in [1.54, 1.807) is 0 Å². The van der Waals surface area contributed by atoms with E-state index in [2.05, 4.69) is 9.82 Å². The van der Waals surface area contributed by atoms with Crippen LogP contribution in [0.1, 0.15) is 19.2 Å². The number of carbonyl (C=O) groups excluding carboxylic acids is 2. The molecule has 1 aromatic rings. The summed E-state index contributed by atoms with van der Waals surface area (Å²) in [6, 6.07) is 0.